The van der Waals surface area contributed by atoms with Gasteiger partial charge in [0.25, 0.3) is 0 Å². The van der Waals surface area contributed by atoms with Crippen molar-refractivity contribution in [2.75, 3.05) is 33.2 Å². The molecule has 3 nitrogen and oxygen atoms in total. The molecule has 0 unspecified atom stereocenters. The minimum atomic E-state index is -0.111. The predicted octanol–water partition coefficient (Wildman–Crippen LogP) is 4.48. The lowest BCUT2D eigenvalue weighted by molar-refractivity contribution is -0.130. The molecule has 2 aromatic rings. The van der Waals surface area contributed by atoms with E-state index in [9.17, 15) is 9.18 Å². The fourth-order valence-corrected chi connectivity index (χ4v) is 4.30. The Morgan fingerprint density at radius 2 is 1.83 bits per heavy atom. The van der Waals surface area contributed by atoms with E-state index in [0.717, 1.165) is 57.4 Å². The van der Waals surface area contributed by atoms with Crippen LogP contribution in [0, 0.1) is 18.7 Å². The van der Waals surface area contributed by atoms with Crippen molar-refractivity contribution >= 4 is 5.91 Å². The first kappa shape index (κ1) is 21.5. The molecular weight excluding hydrogens is 363 g/mol. The van der Waals surface area contributed by atoms with Crippen LogP contribution in [0.1, 0.15) is 36.0 Å². The Morgan fingerprint density at radius 3 is 2.59 bits per heavy atom. The molecule has 0 radical (unpaired) electrons. The van der Waals surface area contributed by atoms with Gasteiger partial charge in [0.15, 0.2) is 0 Å². The van der Waals surface area contributed by atoms with E-state index in [1.165, 1.54) is 17.2 Å². The summed E-state index contributed by atoms with van der Waals surface area (Å²) in [5, 5.41) is 0. The zero-order chi connectivity index (χ0) is 20.6. The molecule has 156 valence electrons. The fourth-order valence-electron chi connectivity index (χ4n) is 4.30. The number of rotatable bonds is 8. The van der Waals surface area contributed by atoms with Crippen molar-refractivity contribution in [3.63, 3.8) is 0 Å². The number of halogens is 1. The van der Waals surface area contributed by atoms with E-state index < -0.39 is 0 Å². The second kappa shape index (κ2) is 10.5. The van der Waals surface area contributed by atoms with Crippen LogP contribution >= 0.6 is 0 Å². The molecule has 0 saturated carbocycles. The van der Waals surface area contributed by atoms with Crippen molar-refractivity contribution in [2.45, 2.75) is 39.0 Å². The predicted molar refractivity (Wildman–Crippen MR) is 116 cm³/mol. The molecule has 0 N–H and O–H groups in total. The molecule has 4 heteroatoms. The van der Waals surface area contributed by atoms with Crippen LogP contribution in [0.5, 0.6) is 0 Å². The topological polar surface area (TPSA) is 23.6 Å². The maximum absolute atomic E-state index is 13.8. The molecule has 1 amide bonds. The minimum absolute atomic E-state index is 0.111. The molecule has 0 aromatic heterocycles. The molecule has 1 fully saturated rings. The molecule has 2 aromatic carbocycles. The van der Waals surface area contributed by atoms with E-state index in [4.69, 9.17) is 0 Å². The van der Waals surface area contributed by atoms with E-state index in [1.54, 1.807) is 6.07 Å². The number of hydrogen-bond acceptors (Lipinski definition) is 2. The zero-order valence-electron chi connectivity index (χ0n) is 17.7. The lowest BCUT2D eigenvalue weighted by atomic mass is 9.96. The van der Waals surface area contributed by atoms with Gasteiger partial charge >= 0.3 is 0 Å². The van der Waals surface area contributed by atoms with Gasteiger partial charge < -0.3 is 9.80 Å². The molecule has 0 aliphatic carbocycles. The smallest absolute Gasteiger partial charge is 0.222 e. The lowest BCUT2D eigenvalue weighted by Gasteiger charge is -2.34. The quantitative estimate of drug-likeness (QED) is 0.657. The van der Waals surface area contributed by atoms with Gasteiger partial charge in [-0.3, -0.25) is 4.79 Å². The molecule has 3 rings (SSSR count). The number of nitrogens with zero attached hydrogens (tertiary/aromatic N) is 2. The maximum atomic E-state index is 13.8. The third kappa shape index (κ3) is 6.40. The summed E-state index contributed by atoms with van der Waals surface area (Å²) in [6.07, 6.45) is 4.41. The van der Waals surface area contributed by atoms with Crippen LogP contribution in [0.3, 0.4) is 0 Å². The molecule has 1 atom stereocenters. The Kier molecular flexibility index (Phi) is 7.82. The average Bonchev–Trinajstić information content (AvgIpc) is 2.72. The summed E-state index contributed by atoms with van der Waals surface area (Å²) < 4.78 is 13.8. The van der Waals surface area contributed by atoms with Gasteiger partial charge in [0.05, 0.1) is 0 Å². The zero-order valence-corrected chi connectivity index (χ0v) is 17.7. The monoisotopic (exact) mass is 396 g/mol. The third-order valence-corrected chi connectivity index (χ3v) is 6.09. The van der Waals surface area contributed by atoms with Gasteiger partial charge in [-0.15, -0.1) is 0 Å². The summed E-state index contributed by atoms with van der Waals surface area (Å²) in [4.78, 5) is 16.9. The summed E-state index contributed by atoms with van der Waals surface area (Å²) in [7, 11) is 1.93. The van der Waals surface area contributed by atoms with E-state index in [0.29, 0.717) is 12.3 Å². The highest BCUT2D eigenvalue weighted by molar-refractivity contribution is 5.76. The highest BCUT2D eigenvalue weighted by atomic mass is 19.1. The lowest BCUT2D eigenvalue weighted by Crippen LogP contribution is -2.42. The number of carbonyl (C=O) groups is 1. The van der Waals surface area contributed by atoms with Crippen LogP contribution in [-0.4, -0.2) is 48.9 Å². The van der Waals surface area contributed by atoms with E-state index in [-0.39, 0.29) is 11.7 Å². The van der Waals surface area contributed by atoms with Crippen LogP contribution < -0.4 is 0 Å². The highest BCUT2D eigenvalue weighted by Gasteiger charge is 2.22. The average molecular weight is 397 g/mol. The van der Waals surface area contributed by atoms with E-state index >= 15 is 0 Å². The molecule has 29 heavy (non-hydrogen) atoms. The third-order valence-electron chi connectivity index (χ3n) is 6.09. The number of hydrogen-bond donors (Lipinski definition) is 0. The van der Waals surface area contributed by atoms with Crippen molar-refractivity contribution in [1.82, 2.24) is 9.80 Å². The minimum Gasteiger partial charge on any atom is -0.345 e. The maximum Gasteiger partial charge on any atom is 0.222 e. The van der Waals surface area contributed by atoms with Gasteiger partial charge in [-0.05, 0) is 67.8 Å². The largest absolute Gasteiger partial charge is 0.345 e. The Balaban J connectivity index is 1.43. The molecule has 1 saturated heterocycles. The number of benzene rings is 2. The van der Waals surface area contributed by atoms with Crippen molar-refractivity contribution < 1.29 is 9.18 Å². The first-order valence-corrected chi connectivity index (χ1v) is 10.8. The van der Waals surface area contributed by atoms with Crippen molar-refractivity contribution in [3.8, 4) is 0 Å². The highest BCUT2D eigenvalue weighted by Crippen LogP contribution is 2.19. The SMILES string of the molecule is Cc1ccccc1CCC(=O)N(C)C[C@H]1CCCN(CCc2ccccc2F)C1. The summed E-state index contributed by atoms with van der Waals surface area (Å²) in [6.45, 7) is 5.84. The normalized spacial score (nSPS) is 17.3. The Morgan fingerprint density at radius 1 is 1.10 bits per heavy atom. The Labute approximate surface area is 174 Å². The van der Waals surface area contributed by atoms with Crippen LogP contribution in [-0.2, 0) is 17.6 Å². The number of piperidine rings is 1. The van der Waals surface area contributed by atoms with E-state index in [1.807, 2.05) is 36.2 Å². The van der Waals surface area contributed by atoms with Gasteiger partial charge in [0.2, 0.25) is 5.91 Å². The van der Waals surface area contributed by atoms with E-state index in [2.05, 4.69) is 24.0 Å². The van der Waals surface area contributed by atoms with Gasteiger partial charge in [-0.1, -0.05) is 42.5 Å². The molecule has 1 aliphatic heterocycles. The first-order valence-electron chi connectivity index (χ1n) is 10.8. The van der Waals surface area contributed by atoms with Crippen molar-refractivity contribution in [1.29, 1.82) is 0 Å². The summed E-state index contributed by atoms with van der Waals surface area (Å²) in [5.74, 6) is 0.605. The second-order valence-electron chi connectivity index (χ2n) is 8.35. The molecule has 0 spiro atoms. The molecule has 1 aliphatic rings. The van der Waals surface area contributed by atoms with Gasteiger partial charge in [0, 0.05) is 33.1 Å². The summed E-state index contributed by atoms with van der Waals surface area (Å²) >= 11 is 0. The number of amides is 1. The summed E-state index contributed by atoms with van der Waals surface area (Å²) in [6, 6.07) is 15.3. The number of likely N-dealkylation sites (tertiary alicyclic amines) is 1. The fraction of sp³-hybridized carbons (Fsp3) is 0.480. The molecule has 0 bridgehead atoms. The molecular formula is C25H33FN2O. The van der Waals surface area contributed by atoms with Crippen LogP contribution in [0.15, 0.2) is 48.5 Å². The summed E-state index contributed by atoms with van der Waals surface area (Å²) in [5.41, 5.74) is 3.30. The second-order valence-corrected chi connectivity index (χ2v) is 8.35. The Hall–Kier alpha value is -2.20. The van der Waals surface area contributed by atoms with Crippen LogP contribution in [0.25, 0.3) is 0 Å². The molecule has 1 heterocycles. The first-order chi connectivity index (χ1) is 14.0. The standard InChI is InChI=1S/C25H33FN2O/c1-20-8-3-4-10-22(20)13-14-25(29)27(2)18-21-9-7-16-28(19-21)17-15-23-11-5-6-12-24(23)26/h3-6,8,10-12,21H,7,9,13-19H2,1-2H3/t21-/m1/s1. The van der Waals surface area contributed by atoms with Crippen molar-refractivity contribution in [2.24, 2.45) is 5.92 Å². The van der Waals surface area contributed by atoms with Gasteiger partial charge in [-0.2, -0.15) is 0 Å². The number of aryl methyl sites for hydroxylation is 2. The van der Waals surface area contributed by atoms with Crippen molar-refractivity contribution in [3.05, 3.63) is 71.0 Å². The van der Waals surface area contributed by atoms with Gasteiger partial charge in [-0.25, -0.2) is 4.39 Å². The number of carbonyl (C=O) groups excluding carboxylic acids is 1. The van der Waals surface area contributed by atoms with Gasteiger partial charge in [0.1, 0.15) is 5.82 Å². The Bertz CT molecular complexity index is 807. The van der Waals surface area contributed by atoms with Crippen LogP contribution in [0.4, 0.5) is 4.39 Å². The van der Waals surface area contributed by atoms with Crippen LogP contribution in [0.2, 0.25) is 0 Å².